The van der Waals surface area contributed by atoms with Crippen molar-refractivity contribution in [3.8, 4) is 16.9 Å². The fourth-order valence-corrected chi connectivity index (χ4v) is 5.54. The van der Waals surface area contributed by atoms with Gasteiger partial charge < -0.3 is 19.7 Å². The number of nitrogens with one attached hydrogen (secondary N) is 1. The Morgan fingerprint density at radius 1 is 1.19 bits per heavy atom. The quantitative estimate of drug-likeness (QED) is 0.821. The molecule has 7 nitrogen and oxygen atoms in total. The lowest BCUT2D eigenvalue weighted by atomic mass is 9.94. The highest BCUT2D eigenvalue weighted by Gasteiger charge is 2.45. The maximum Gasteiger partial charge on any atom is 0.415 e. The fourth-order valence-electron chi connectivity index (χ4n) is 5.54. The van der Waals surface area contributed by atoms with E-state index in [9.17, 15) is 4.79 Å². The molecule has 0 bridgehead atoms. The lowest BCUT2D eigenvalue weighted by Crippen LogP contribution is -2.44. The second kappa shape index (κ2) is 7.41. The Hall–Kier alpha value is -2.80. The molecule has 1 aromatic carbocycles. The fraction of sp³-hybridized carbons (Fsp3) is 0.500. The summed E-state index contributed by atoms with van der Waals surface area (Å²) in [5.74, 6) is 2.50. The molecule has 1 amide bonds. The number of benzene rings is 1. The van der Waals surface area contributed by atoms with Gasteiger partial charge in [-0.05, 0) is 61.6 Å². The summed E-state index contributed by atoms with van der Waals surface area (Å²) in [7, 11) is 0. The average molecular weight is 421 g/mol. The third kappa shape index (κ3) is 3.14. The summed E-state index contributed by atoms with van der Waals surface area (Å²) in [6.07, 6.45) is 4.93. The lowest BCUT2D eigenvalue weighted by molar-refractivity contribution is 0.119. The van der Waals surface area contributed by atoms with Crippen LogP contribution >= 0.6 is 0 Å². The summed E-state index contributed by atoms with van der Waals surface area (Å²) in [4.78, 5) is 21.3. The highest BCUT2D eigenvalue weighted by molar-refractivity contribution is 5.94. The molecule has 1 unspecified atom stereocenters. The Bertz CT molecular complexity index is 981. The lowest BCUT2D eigenvalue weighted by Gasteiger charge is -2.31. The van der Waals surface area contributed by atoms with Gasteiger partial charge in [-0.2, -0.15) is 0 Å². The molecule has 1 aromatic heterocycles. The zero-order valence-corrected chi connectivity index (χ0v) is 17.8. The van der Waals surface area contributed by atoms with E-state index in [1.54, 1.807) is 4.90 Å². The first-order valence-electron chi connectivity index (χ1n) is 11.4. The molecule has 2 aromatic rings. The van der Waals surface area contributed by atoms with Crippen LogP contribution in [0.3, 0.4) is 0 Å². The number of fused-ring (bicyclic) bond motifs is 4. The summed E-state index contributed by atoms with van der Waals surface area (Å²) in [5.41, 5.74) is 2.87. The topological polar surface area (TPSA) is 66.9 Å². The number of carbonyl (C=O) groups excluding carboxylic acids is 1. The van der Waals surface area contributed by atoms with Gasteiger partial charge in [0.15, 0.2) is 0 Å². The first-order chi connectivity index (χ1) is 15.2. The van der Waals surface area contributed by atoms with Gasteiger partial charge in [-0.3, -0.25) is 4.90 Å². The van der Waals surface area contributed by atoms with Crippen LogP contribution in [0.1, 0.15) is 26.2 Å². The van der Waals surface area contributed by atoms with E-state index < -0.39 is 0 Å². The molecule has 0 aliphatic carbocycles. The van der Waals surface area contributed by atoms with Gasteiger partial charge in [0, 0.05) is 30.9 Å². The number of ether oxygens (including phenoxy) is 2. The second-order valence-corrected chi connectivity index (χ2v) is 9.03. The Kier molecular flexibility index (Phi) is 4.52. The van der Waals surface area contributed by atoms with E-state index in [1.165, 1.54) is 12.8 Å². The number of anilines is 2. The molecule has 3 saturated heterocycles. The van der Waals surface area contributed by atoms with Crippen LogP contribution in [0.5, 0.6) is 5.75 Å². The Labute approximate surface area is 182 Å². The molecule has 5 heterocycles. The van der Waals surface area contributed by atoms with E-state index in [4.69, 9.17) is 14.5 Å². The predicted molar refractivity (Wildman–Crippen MR) is 119 cm³/mol. The number of hydrogen-bond donors (Lipinski definition) is 1. The van der Waals surface area contributed by atoms with Gasteiger partial charge in [-0.25, -0.2) is 9.78 Å². The van der Waals surface area contributed by atoms with E-state index in [1.807, 2.05) is 31.3 Å². The molecule has 0 radical (unpaired) electrons. The van der Waals surface area contributed by atoms with Crippen molar-refractivity contribution in [1.29, 1.82) is 0 Å². The monoisotopic (exact) mass is 420 g/mol. The standard InChI is InChI=1S/C24H28N4O3/c1-2-21-20-14-30-22-10-15(5-7-19(22)28(20)24(29)31-21)16-6-8-23(26-11-16)27-12-17-4-3-9-25-18(17)13-27/h5-8,10-11,17-18,20-21,25H,2-4,9,12-14H2,1H3/t17-,18+,20?,21-/m0/s1. The van der Waals surface area contributed by atoms with E-state index in [0.717, 1.165) is 60.4 Å². The summed E-state index contributed by atoms with van der Waals surface area (Å²) in [6, 6.07) is 10.8. The molecule has 7 heteroatoms. The number of nitrogens with zero attached hydrogens (tertiary/aromatic N) is 3. The Balaban J connectivity index is 1.22. The Morgan fingerprint density at radius 2 is 2.10 bits per heavy atom. The number of carbonyl (C=O) groups is 1. The average Bonchev–Trinajstić information content (AvgIpc) is 3.40. The number of amides is 1. The first-order valence-corrected chi connectivity index (χ1v) is 11.4. The van der Waals surface area contributed by atoms with Crippen LogP contribution in [-0.4, -0.2) is 55.5 Å². The zero-order valence-electron chi connectivity index (χ0n) is 17.8. The van der Waals surface area contributed by atoms with E-state index in [-0.39, 0.29) is 18.2 Å². The van der Waals surface area contributed by atoms with E-state index in [0.29, 0.717) is 12.6 Å². The smallest absolute Gasteiger partial charge is 0.415 e. The van der Waals surface area contributed by atoms with Crippen LogP contribution in [-0.2, 0) is 4.74 Å². The van der Waals surface area contributed by atoms with Crippen molar-refractivity contribution < 1.29 is 14.3 Å². The van der Waals surface area contributed by atoms with Crippen LogP contribution in [0, 0.1) is 5.92 Å². The highest BCUT2D eigenvalue weighted by Crippen LogP contribution is 2.41. The van der Waals surface area contributed by atoms with Crippen LogP contribution in [0.25, 0.3) is 11.1 Å². The molecule has 0 saturated carbocycles. The molecule has 1 N–H and O–H groups in total. The van der Waals surface area contributed by atoms with Crippen molar-refractivity contribution in [2.75, 3.05) is 36.0 Å². The van der Waals surface area contributed by atoms with Crippen molar-refractivity contribution in [1.82, 2.24) is 10.3 Å². The molecule has 6 rings (SSSR count). The maximum absolute atomic E-state index is 12.4. The van der Waals surface area contributed by atoms with Gasteiger partial charge in [0.05, 0.1) is 5.69 Å². The van der Waals surface area contributed by atoms with E-state index >= 15 is 0 Å². The Morgan fingerprint density at radius 3 is 2.90 bits per heavy atom. The van der Waals surface area contributed by atoms with Crippen LogP contribution in [0.2, 0.25) is 0 Å². The molecular weight excluding hydrogens is 392 g/mol. The number of hydrogen-bond acceptors (Lipinski definition) is 6. The maximum atomic E-state index is 12.4. The van der Waals surface area contributed by atoms with Crippen molar-refractivity contribution in [3.63, 3.8) is 0 Å². The molecular formula is C24H28N4O3. The summed E-state index contributed by atoms with van der Waals surface area (Å²) in [5, 5.41) is 3.65. The molecule has 4 atom stereocenters. The number of piperidine rings is 1. The molecule has 4 aliphatic heterocycles. The molecule has 3 fully saturated rings. The third-order valence-electron chi connectivity index (χ3n) is 7.25. The van der Waals surface area contributed by atoms with Crippen LogP contribution < -0.4 is 19.9 Å². The predicted octanol–water partition coefficient (Wildman–Crippen LogP) is 3.43. The number of pyridine rings is 1. The summed E-state index contributed by atoms with van der Waals surface area (Å²) < 4.78 is 11.5. The van der Waals surface area contributed by atoms with Gasteiger partial charge in [-0.15, -0.1) is 0 Å². The van der Waals surface area contributed by atoms with E-state index in [2.05, 4.69) is 22.3 Å². The van der Waals surface area contributed by atoms with Gasteiger partial charge in [0.2, 0.25) is 0 Å². The normalized spacial score (nSPS) is 29.1. The van der Waals surface area contributed by atoms with Crippen molar-refractivity contribution in [3.05, 3.63) is 36.5 Å². The van der Waals surface area contributed by atoms with Gasteiger partial charge in [0.1, 0.15) is 30.3 Å². The SMILES string of the molecule is CC[C@@H]1OC(=O)N2c3ccc(-c4ccc(N5C[C@@H]6CCCN[C@@H]6C5)nc4)cc3OCC12. The van der Waals surface area contributed by atoms with Crippen LogP contribution in [0.15, 0.2) is 36.5 Å². The molecule has 4 aliphatic rings. The van der Waals surface area contributed by atoms with Gasteiger partial charge in [-0.1, -0.05) is 13.0 Å². The molecule has 162 valence electrons. The zero-order chi connectivity index (χ0) is 20.9. The molecule has 31 heavy (non-hydrogen) atoms. The number of aromatic nitrogens is 1. The summed E-state index contributed by atoms with van der Waals surface area (Å²) >= 11 is 0. The van der Waals surface area contributed by atoms with Crippen molar-refractivity contribution >= 4 is 17.6 Å². The summed E-state index contributed by atoms with van der Waals surface area (Å²) in [6.45, 7) is 5.75. The van der Waals surface area contributed by atoms with Crippen molar-refractivity contribution in [2.45, 2.75) is 44.4 Å². The minimum atomic E-state index is -0.277. The van der Waals surface area contributed by atoms with Gasteiger partial charge >= 0.3 is 6.09 Å². The first kappa shape index (κ1) is 18.9. The van der Waals surface area contributed by atoms with Gasteiger partial charge in [0.25, 0.3) is 0 Å². The number of rotatable bonds is 3. The largest absolute Gasteiger partial charge is 0.489 e. The number of cyclic esters (lactones) is 1. The third-order valence-corrected chi connectivity index (χ3v) is 7.25. The second-order valence-electron chi connectivity index (χ2n) is 9.03. The van der Waals surface area contributed by atoms with Crippen LogP contribution in [0.4, 0.5) is 16.3 Å². The highest BCUT2D eigenvalue weighted by atomic mass is 16.6. The minimum absolute atomic E-state index is 0.0459. The minimum Gasteiger partial charge on any atom is -0.489 e. The molecule has 0 spiro atoms. The van der Waals surface area contributed by atoms with Crippen molar-refractivity contribution in [2.24, 2.45) is 5.92 Å².